The van der Waals surface area contributed by atoms with E-state index in [0.717, 1.165) is 16.1 Å². The summed E-state index contributed by atoms with van der Waals surface area (Å²) < 4.78 is 31.3. The van der Waals surface area contributed by atoms with Gasteiger partial charge in [0.25, 0.3) is 0 Å². The molecule has 0 aliphatic rings. The van der Waals surface area contributed by atoms with Crippen molar-refractivity contribution in [3.05, 3.63) is 88.4 Å². The summed E-state index contributed by atoms with van der Waals surface area (Å²) in [6, 6.07) is 18.1. The smallest absolute Gasteiger partial charge is 0.245 e. The number of methoxy groups -OCH3 is 1. The van der Waals surface area contributed by atoms with Crippen molar-refractivity contribution in [3.63, 3.8) is 0 Å². The highest BCUT2D eigenvalue weighted by Crippen LogP contribution is 2.31. The molecule has 0 fully saturated rings. The minimum Gasteiger partial charge on any atom is -0.495 e. The number of carbonyl (C=O) groups excluding carboxylic acids is 2. The van der Waals surface area contributed by atoms with Crippen molar-refractivity contribution < 1.29 is 22.7 Å². The summed E-state index contributed by atoms with van der Waals surface area (Å²) in [6.07, 6.45) is 1.01. The predicted octanol–water partition coefficient (Wildman–Crippen LogP) is 4.29. The van der Waals surface area contributed by atoms with Crippen molar-refractivity contribution in [1.29, 1.82) is 0 Å². The number of hydrogen-bond donors (Lipinski definition) is 1. The van der Waals surface area contributed by atoms with Crippen LogP contribution >= 0.6 is 11.6 Å². The van der Waals surface area contributed by atoms with Gasteiger partial charge in [-0.05, 0) is 42.8 Å². The lowest BCUT2D eigenvalue weighted by atomic mass is 10.0. The first-order valence-corrected chi connectivity index (χ1v) is 12.1. The maximum absolute atomic E-state index is 13.0. The van der Waals surface area contributed by atoms with Crippen LogP contribution in [0.15, 0.2) is 66.7 Å². The lowest BCUT2D eigenvalue weighted by Gasteiger charge is -2.24. The summed E-state index contributed by atoms with van der Waals surface area (Å²) in [5, 5.41) is 2.98. The van der Waals surface area contributed by atoms with E-state index in [0.29, 0.717) is 16.3 Å². The number of halogens is 1. The number of ketones is 1. The van der Waals surface area contributed by atoms with E-state index < -0.39 is 22.5 Å². The molecule has 0 bridgehead atoms. The monoisotopic (exact) mass is 486 g/mol. The van der Waals surface area contributed by atoms with Gasteiger partial charge in [0, 0.05) is 16.1 Å². The van der Waals surface area contributed by atoms with Gasteiger partial charge in [0.1, 0.15) is 12.3 Å². The third-order valence-electron chi connectivity index (χ3n) is 4.83. The van der Waals surface area contributed by atoms with Crippen LogP contribution in [0.4, 0.5) is 11.4 Å². The van der Waals surface area contributed by atoms with Gasteiger partial charge in [0.15, 0.2) is 5.78 Å². The van der Waals surface area contributed by atoms with E-state index in [9.17, 15) is 18.0 Å². The molecule has 3 aromatic carbocycles. The van der Waals surface area contributed by atoms with Crippen molar-refractivity contribution in [3.8, 4) is 5.75 Å². The zero-order valence-corrected chi connectivity index (χ0v) is 19.9. The molecule has 0 heterocycles. The summed E-state index contributed by atoms with van der Waals surface area (Å²) in [5.41, 5.74) is 1.89. The van der Waals surface area contributed by atoms with Crippen molar-refractivity contribution in [1.82, 2.24) is 0 Å². The largest absolute Gasteiger partial charge is 0.495 e. The Hall–Kier alpha value is -3.36. The molecule has 0 spiro atoms. The van der Waals surface area contributed by atoms with Crippen molar-refractivity contribution >= 4 is 44.7 Å². The Bertz CT molecular complexity index is 1290. The highest BCUT2D eigenvalue weighted by Gasteiger charge is 2.25. The first-order valence-electron chi connectivity index (χ1n) is 9.91. The maximum atomic E-state index is 13.0. The fourth-order valence-corrected chi connectivity index (χ4v) is 4.28. The molecular weight excluding hydrogens is 464 g/mol. The number of benzene rings is 3. The fraction of sp³-hybridized carbons (Fsp3) is 0.167. The van der Waals surface area contributed by atoms with E-state index >= 15 is 0 Å². The Labute approximate surface area is 198 Å². The van der Waals surface area contributed by atoms with Crippen LogP contribution in [-0.2, 0) is 14.8 Å². The number of carbonyl (C=O) groups is 2. The fourth-order valence-electron chi connectivity index (χ4n) is 3.25. The summed E-state index contributed by atoms with van der Waals surface area (Å²) in [7, 11) is -2.41. The molecule has 33 heavy (non-hydrogen) atoms. The zero-order chi connectivity index (χ0) is 24.2. The normalized spacial score (nSPS) is 11.0. The Morgan fingerprint density at radius 3 is 2.36 bits per heavy atom. The first-order chi connectivity index (χ1) is 15.6. The lowest BCUT2D eigenvalue weighted by Crippen LogP contribution is -2.38. The number of anilines is 2. The van der Waals surface area contributed by atoms with E-state index in [-0.39, 0.29) is 22.7 Å². The highest BCUT2D eigenvalue weighted by atomic mass is 35.5. The van der Waals surface area contributed by atoms with Crippen LogP contribution in [-0.4, -0.2) is 40.0 Å². The summed E-state index contributed by atoms with van der Waals surface area (Å²) in [6.45, 7) is 1.29. The molecule has 0 unspecified atom stereocenters. The van der Waals surface area contributed by atoms with Crippen LogP contribution in [0, 0.1) is 6.92 Å². The zero-order valence-electron chi connectivity index (χ0n) is 18.3. The van der Waals surface area contributed by atoms with Gasteiger partial charge >= 0.3 is 0 Å². The van der Waals surface area contributed by atoms with Gasteiger partial charge in [-0.25, -0.2) is 8.42 Å². The first kappa shape index (κ1) is 24.3. The summed E-state index contributed by atoms with van der Waals surface area (Å²) in [5.74, 6) is -0.646. The Morgan fingerprint density at radius 1 is 1.03 bits per heavy atom. The van der Waals surface area contributed by atoms with E-state index in [2.05, 4.69) is 5.32 Å². The quantitative estimate of drug-likeness (QED) is 0.479. The molecule has 3 rings (SSSR count). The molecule has 7 nitrogen and oxygen atoms in total. The number of nitrogens with one attached hydrogen (secondary N) is 1. The number of hydrogen-bond acceptors (Lipinski definition) is 5. The topological polar surface area (TPSA) is 92.8 Å². The van der Waals surface area contributed by atoms with E-state index in [1.807, 2.05) is 0 Å². The second kappa shape index (κ2) is 10.1. The van der Waals surface area contributed by atoms with Crippen molar-refractivity contribution in [2.24, 2.45) is 0 Å². The number of ether oxygens (including phenoxy) is 1. The standard InChI is InChI=1S/C24H23ClN2O5S/c1-16-9-12-22(32-2)21(13-16)27(33(3,30)31)15-23(28)26-20-11-10-18(25)14-19(20)24(29)17-7-5-4-6-8-17/h4-14H,15H2,1-3H3,(H,26,28). The molecule has 9 heteroatoms. The van der Waals surface area contributed by atoms with E-state index in [1.165, 1.54) is 25.3 Å². The molecule has 172 valence electrons. The van der Waals surface area contributed by atoms with Crippen LogP contribution in [0.3, 0.4) is 0 Å². The molecule has 1 N–H and O–H groups in total. The second-order valence-electron chi connectivity index (χ2n) is 7.38. The molecule has 1 amide bonds. The molecule has 3 aromatic rings. The van der Waals surface area contributed by atoms with Gasteiger partial charge < -0.3 is 10.1 Å². The van der Waals surface area contributed by atoms with Gasteiger partial charge in [0.05, 0.1) is 24.7 Å². The average Bonchev–Trinajstić information content (AvgIpc) is 2.78. The van der Waals surface area contributed by atoms with Gasteiger partial charge in [-0.1, -0.05) is 48.0 Å². The third kappa shape index (κ3) is 5.91. The Morgan fingerprint density at radius 2 is 1.73 bits per heavy atom. The Balaban J connectivity index is 1.92. The summed E-state index contributed by atoms with van der Waals surface area (Å²) in [4.78, 5) is 25.9. The minimum absolute atomic E-state index is 0.195. The van der Waals surface area contributed by atoms with Gasteiger partial charge in [-0.2, -0.15) is 0 Å². The van der Waals surface area contributed by atoms with E-state index in [1.54, 1.807) is 55.5 Å². The average molecular weight is 487 g/mol. The van der Waals surface area contributed by atoms with Crippen LogP contribution in [0.1, 0.15) is 21.5 Å². The SMILES string of the molecule is COc1ccc(C)cc1N(CC(=O)Nc1ccc(Cl)cc1C(=O)c1ccccc1)S(C)(=O)=O. The minimum atomic E-state index is -3.83. The number of aryl methyl sites for hydroxylation is 1. The molecule has 0 aliphatic heterocycles. The number of sulfonamides is 1. The molecule has 0 saturated heterocycles. The molecule has 0 radical (unpaired) electrons. The van der Waals surface area contributed by atoms with Crippen LogP contribution in [0.2, 0.25) is 5.02 Å². The number of rotatable bonds is 8. The van der Waals surface area contributed by atoms with Crippen molar-refractivity contribution in [2.45, 2.75) is 6.92 Å². The highest BCUT2D eigenvalue weighted by molar-refractivity contribution is 7.92. The number of amides is 1. The predicted molar refractivity (Wildman–Crippen MR) is 130 cm³/mol. The lowest BCUT2D eigenvalue weighted by molar-refractivity contribution is -0.114. The van der Waals surface area contributed by atoms with Crippen molar-refractivity contribution in [2.75, 3.05) is 29.5 Å². The molecule has 0 aliphatic carbocycles. The van der Waals surface area contributed by atoms with Gasteiger partial charge in [-0.15, -0.1) is 0 Å². The molecule has 0 aromatic heterocycles. The second-order valence-corrected chi connectivity index (χ2v) is 9.72. The third-order valence-corrected chi connectivity index (χ3v) is 6.19. The Kier molecular flexibility index (Phi) is 7.40. The number of nitrogens with zero attached hydrogens (tertiary/aromatic N) is 1. The summed E-state index contributed by atoms with van der Waals surface area (Å²) >= 11 is 6.09. The van der Waals surface area contributed by atoms with Crippen LogP contribution in [0.5, 0.6) is 5.75 Å². The van der Waals surface area contributed by atoms with Gasteiger partial charge in [-0.3, -0.25) is 13.9 Å². The van der Waals surface area contributed by atoms with E-state index in [4.69, 9.17) is 16.3 Å². The molecular formula is C24H23ClN2O5S. The van der Waals surface area contributed by atoms with Crippen LogP contribution in [0.25, 0.3) is 0 Å². The van der Waals surface area contributed by atoms with Crippen LogP contribution < -0.4 is 14.4 Å². The molecule has 0 saturated carbocycles. The van der Waals surface area contributed by atoms with Gasteiger partial charge in [0.2, 0.25) is 15.9 Å². The maximum Gasteiger partial charge on any atom is 0.245 e. The molecule has 0 atom stereocenters.